The van der Waals surface area contributed by atoms with E-state index in [-0.39, 0.29) is 19.1 Å². The van der Waals surface area contributed by atoms with Crippen molar-refractivity contribution < 1.29 is 19.7 Å². The van der Waals surface area contributed by atoms with E-state index in [2.05, 4.69) is 5.32 Å². The largest absolute Gasteiger partial charge is 0.444 e. The lowest BCUT2D eigenvalue weighted by molar-refractivity contribution is 0.0459. The monoisotopic (exact) mass is 231 g/mol. The van der Waals surface area contributed by atoms with Crippen molar-refractivity contribution in [1.29, 1.82) is 0 Å². The molecule has 5 nitrogen and oxygen atoms in total. The summed E-state index contributed by atoms with van der Waals surface area (Å²) in [5, 5.41) is 20.7. The standard InChI is InChI=1S/C11H21NO4/c1-10(2,3)16-9(15)12-11(7-14)6-8(11)4-5-13/h8,13-14H,4-7H2,1-3H3,(H,12,15)/t8-,11+/m1/s1. The van der Waals surface area contributed by atoms with Crippen LogP contribution in [0.5, 0.6) is 0 Å². The molecular weight excluding hydrogens is 210 g/mol. The first-order valence-corrected chi connectivity index (χ1v) is 5.56. The third-order valence-electron chi connectivity index (χ3n) is 2.74. The van der Waals surface area contributed by atoms with Gasteiger partial charge in [-0.3, -0.25) is 0 Å². The summed E-state index contributed by atoms with van der Waals surface area (Å²) in [6.07, 6.45) is 0.779. The van der Waals surface area contributed by atoms with Gasteiger partial charge in [0.15, 0.2) is 0 Å². The Bertz CT molecular complexity index is 261. The summed E-state index contributed by atoms with van der Waals surface area (Å²) in [5.74, 6) is 0.148. The maximum atomic E-state index is 11.5. The summed E-state index contributed by atoms with van der Waals surface area (Å²) in [6.45, 7) is 5.32. The summed E-state index contributed by atoms with van der Waals surface area (Å²) in [5.41, 5.74) is -1.12. The van der Waals surface area contributed by atoms with Crippen molar-refractivity contribution in [1.82, 2.24) is 5.32 Å². The van der Waals surface area contributed by atoms with Gasteiger partial charge in [-0.1, -0.05) is 0 Å². The molecular formula is C11H21NO4. The third-order valence-corrected chi connectivity index (χ3v) is 2.74. The first-order valence-electron chi connectivity index (χ1n) is 5.56. The zero-order valence-corrected chi connectivity index (χ0v) is 10.1. The fraction of sp³-hybridized carbons (Fsp3) is 0.909. The van der Waals surface area contributed by atoms with E-state index in [0.717, 1.165) is 0 Å². The lowest BCUT2D eigenvalue weighted by Crippen LogP contribution is -2.44. The van der Waals surface area contributed by atoms with Crippen LogP contribution in [-0.4, -0.2) is 40.7 Å². The second-order valence-electron chi connectivity index (χ2n) is 5.35. The number of ether oxygens (including phenoxy) is 1. The Labute approximate surface area is 95.8 Å². The fourth-order valence-corrected chi connectivity index (χ4v) is 1.81. The molecule has 1 rings (SSSR count). The highest BCUT2D eigenvalue weighted by Gasteiger charge is 2.54. The fourth-order valence-electron chi connectivity index (χ4n) is 1.81. The Balaban J connectivity index is 2.44. The maximum absolute atomic E-state index is 11.5. The van der Waals surface area contributed by atoms with Gasteiger partial charge in [0, 0.05) is 6.61 Å². The van der Waals surface area contributed by atoms with Gasteiger partial charge in [0.05, 0.1) is 12.1 Å². The predicted octanol–water partition coefficient (Wildman–Crippen LogP) is 0.645. The van der Waals surface area contributed by atoms with Crippen LogP contribution in [0.25, 0.3) is 0 Å². The molecule has 2 atom stereocenters. The average Bonchev–Trinajstić information content (AvgIpc) is 2.76. The Hall–Kier alpha value is -0.810. The number of carbonyl (C=O) groups excluding carboxylic acids is 1. The number of aliphatic hydroxyl groups is 2. The molecule has 0 aliphatic heterocycles. The highest BCUT2D eigenvalue weighted by atomic mass is 16.6. The topological polar surface area (TPSA) is 78.8 Å². The van der Waals surface area contributed by atoms with E-state index < -0.39 is 17.2 Å². The van der Waals surface area contributed by atoms with Gasteiger partial charge in [-0.2, -0.15) is 0 Å². The van der Waals surface area contributed by atoms with Gasteiger partial charge in [0.2, 0.25) is 0 Å². The number of hydrogen-bond donors (Lipinski definition) is 3. The van der Waals surface area contributed by atoms with Crippen molar-refractivity contribution >= 4 is 6.09 Å². The molecule has 0 aromatic heterocycles. The van der Waals surface area contributed by atoms with E-state index in [1.54, 1.807) is 20.8 Å². The SMILES string of the molecule is CC(C)(C)OC(=O)N[C@]1(CO)C[C@H]1CCO. The van der Waals surface area contributed by atoms with Crippen molar-refractivity contribution in [3.63, 3.8) is 0 Å². The highest BCUT2D eigenvalue weighted by Crippen LogP contribution is 2.45. The zero-order chi connectivity index (χ0) is 12.4. The number of aliphatic hydroxyl groups excluding tert-OH is 2. The molecule has 1 aliphatic carbocycles. The summed E-state index contributed by atoms with van der Waals surface area (Å²) < 4.78 is 5.12. The Morgan fingerprint density at radius 1 is 1.50 bits per heavy atom. The van der Waals surface area contributed by atoms with Crippen LogP contribution in [0.15, 0.2) is 0 Å². The van der Waals surface area contributed by atoms with Gasteiger partial charge in [0.25, 0.3) is 0 Å². The van der Waals surface area contributed by atoms with Crippen LogP contribution >= 0.6 is 0 Å². The van der Waals surface area contributed by atoms with Crippen LogP contribution < -0.4 is 5.32 Å². The maximum Gasteiger partial charge on any atom is 0.408 e. The molecule has 0 aromatic carbocycles. The molecule has 0 spiro atoms. The number of rotatable bonds is 4. The minimum atomic E-state index is -0.578. The van der Waals surface area contributed by atoms with Crippen LogP contribution in [0.4, 0.5) is 4.79 Å². The van der Waals surface area contributed by atoms with Gasteiger partial charge in [-0.15, -0.1) is 0 Å². The minimum absolute atomic E-state index is 0.0718. The minimum Gasteiger partial charge on any atom is -0.444 e. The Kier molecular flexibility index (Phi) is 3.80. The van der Waals surface area contributed by atoms with Crippen molar-refractivity contribution in [2.75, 3.05) is 13.2 Å². The average molecular weight is 231 g/mol. The highest BCUT2D eigenvalue weighted by molar-refractivity contribution is 5.69. The first kappa shape index (κ1) is 13.3. The zero-order valence-electron chi connectivity index (χ0n) is 10.1. The predicted molar refractivity (Wildman–Crippen MR) is 59.0 cm³/mol. The molecule has 0 bridgehead atoms. The van der Waals surface area contributed by atoms with Gasteiger partial charge >= 0.3 is 6.09 Å². The smallest absolute Gasteiger partial charge is 0.408 e. The molecule has 3 N–H and O–H groups in total. The van der Waals surface area contributed by atoms with Crippen molar-refractivity contribution in [3.8, 4) is 0 Å². The molecule has 1 aliphatic rings. The second-order valence-corrected chi connectivity index (χ2v) is 5.35. The normalized spacial score (nSPS) is 28.7. The molecule has 0 heterocycles. The van der Waals surface area contributed by atoms with E-state index in [1.165, 1.54) is 0 Å². The molecule has 0 radical (unpaired) electrons. The number of nitrogens with one attached hydrogen (secondary N) is 1. The summed E-state index contributed by atoms with van der Waals surface area (Å²) in [6, 6.07) is 0. The summed E-state index contributed by atoms with van der Waals surface area (Å²) in [4.78, 5) is 11.5. The van der Waals surface area contributed by atoms with E-state index in [0.29, 0.717) is 12.8 Å². The molecule has 16 heavy (non-hydrogen) atoms. The molecule has 5 heteroatoms. The summed E-state index contributed by atoms with van der Waals surface area (Å²) >= 11 is 0. The van der Waals surface area contributed by atoms with E-state index >= 15 is 0 Å². The number of carbonyl (C=O) groups is 1. The third kappa shape index (κ3) is 3.35. The van der Waals surface area contributed by atoms with E-state index in [4.69, 9.17) is 9.84 Å². The molecule has 1 amide bonds. The first-order chi connectivity index (χ1) is 7.33. The van der Waals surface area contributed by atoms with Crippen LogP contribution in [0, 0.1) is 5.92 Å². The van der Waals surface area contributed by atoms with Gasteiger partial charge in [-0.05, 0) is 39.5 Å². The molecule has 0 aromatic rings. The molecule has 1 saturated carbocycles. The van der Waals surface area contributed by atoms with Crippen molar-refractivity contribution in [3.05, 3.63) is 0 Å². The van der Waals surface area contributed by atoms with Gasteiger partial charge < -0.3 is 20.3 Å². The summed E-state index contributed by atoms with van der Waals surface area (Å²) in [7, 11) is 0. The van der Waals surface area contributed by atoms with E-state index in [1.807, 2.05) is 0 Å². The van der Waals surface area contributed by atoms with Crippen LogP contribution in [0.1, 0.15) is 33.6 Å². The molecule has 0 saturated heterocycles. The van der Waals surface area contributed by atoms with Crippen molar-refractivity contribution in [2.24, 2.45) is 5.92 Å². The number of alkyl carbamates (subject to hydrolysis) is 1. The van der Waals surface area contributed by atoms with Crippen molar-refractivity contribution in [2.45, 2.75) is 44.8 Å². The van der Waals surface area contributed by atoms with Crippen LogP contribution in [0.3, 0.4) is 0 Å². The molecule has 1 fully saturated rings. The Morgan fingerprint density at radius 2 is 2.12 bits per heavy atom. The van der Waals surface area contributed by atoms with Crippen LogP contribution in [0.2, 0.25) is 0 Å². The Morgan fingerprint density at radius 3 is 2.56 bits per heavy atom. The van der Waals surface area contributed by atoms with Crippen LogP contribution in [-0.2, 0) is 4.74 Å². The quantitative estimate of drug-likeness (QED) is 0.663. The van der Waals surface area contributed by atoms with Gasteiger partial charge in [-0.25, -0.2) is 4.79 Å². The molecule has 0 unspecified atom stereocenters. The van der Waals surface area contributed by atoms with E-state index in [9.17, 15) is 9.90 Å². The lowest BCUT2D eigenvalue weighted by atomic mass is 10.2. The molecule has 94 valence electrons. The number of hydrogen-bond acceptors (Lipinski definition) is 4. The van der Waals surface area contributed by atoms with Gasteiger partial charge in [0.1, 0.15) is 5.60 Å². The number of amides is 1. The second kappa shape index (κ2) is 4.59. The lowest BCUT2D eigenvalue weighted by Gasteiger charge is -2.23.